The maximum Gasteiger partial charge on any atom is 0.00947 e. The topological polar surface area (TPSA) is 29.3 Å². The van der Waals surface area contributed by atoms with Gasteiger partial charge in [-0.3, -0.25) is 0 Å². The van der Waals surface area contributed by atoms with Crippen LogP contribution in [0, 0.1) is 17.8 Å². The van der Waals surface area contributed by atoms with Gasteiger partial charge in [0.25, 0.3) is 0 Å². The van der Waals surface area contributed by atoms with E-state index in [2.05, 4.69) is 32.7 Å². The van der Waals surface area contributed by atoms with Crippen LogP contribution >= 0.6 is 0 Å². The molecule has 2 N–H and O–H groups in total. The van der Waals surface area contributed by atoms with Crippen LogP contribution in [0.3, 0.4) is 0 Å². The Morgan fingerprint density at radius 1 is 1.28 bits per heavy atom. The average molecular weight is 254 g/mol. The van der Waals surface area contributed by atoms with E-state index in [0.717, 1.165) is 24.4 Å². The zero-order valence-electron chi connectivity index (χ0n) is 13.0. The summed E-state index contributed by atoms with van der Waals surface area (Å²) in [5, 5.41) is 0. The van der Waals surface area contributed by atoms with Crippen molar-refractivity contribution in [1.82, 2.24) is 4.90 Å². The highest BCUT2D eigenvalue weighted by Gasteiger charge is 2.22. The molecular weight excluding hydrogens is 220 g/mol. The molecule has 2 nitrogen and oxygen atoms in total. The molecule has 0 amide bonds. The van der Waals surface area contributed by atoms with Gasteiger partial charge in [0, 0.05) is 6.04 Å². The molecule has 0 aromatic carbocycles. The summed E-state index contributed by atoms with van der Waals surface area (Å²) >= 11 is 0. The van der Waals surface area contributed by atoms with E-state index in [9.17, 15) is 0 Å². The first-order chi connectivity index (χ1) is 8.52. The zero-order valence-corrected chi connectivity index (χ0v) is 13.0. The van der Waals surface area contributed by atoms with Gasteiger partial charge >= 0.3 is 0 Å². The van der Waals surface area contributed by atoms with Crippen molar-refractivity contribution >= 4 is 0 Å². The lowest BCUT2D eigenvalue weighted by Crippen LogP contribution is -2.37. The summed E-state index contributed by atoms with van der Waals surface area (Å²) < 4.78 is 0. The first-order valence-electron chi connectivity index (χ1n) is 7.93. The lowest BCUT2D eigenvalue weighted by molar-refractivity contribution is 0.154. The number of nitrogens with zero attached hydrogens (tertiary/aromatic N) is 1. The van der Waals surface area contributed by atoms with Crippen molar-refractivity contribution in [2.24, 2.45) is 23.5 Å². The van der Waals surface area contributed by atoms with Gasteiger partial charge in [0.1, 0.15) is 0 Å². The Kier molecular flexibility index (Phi) is 7.25. The van der Waals surface area contributed by atoms with Crippen LogP contribution in [0.4, 0.5) is 0 Å². The van der Waals surface area contributed by atoms with Crippen molar-refractivity contribution in [3.05, 3.63) is 0 Å². The van der Waals surface area contributed by atoms with Gasteiger partial charge in [-0.2, -0.15) is 0 Å². The van der Waals surface area contributed by atoms with Crippen LogP contribution in [0.25, 0.3) is 0 Å². The number of rotatable bonds is 7. The lowest BCUT2D eigenvalue weighted by atomic mass is 9.86. The van der Waals surface area contributed by atoms with Crippen molar-refractivity contribution in [3.63, 3.8) is 0 Å². The Morgan fingerprint density at radius 2 is 2.00 bits per heavy atom. The average Bonchev–Trinajstić information content (AvgIpc) is 2.33. The molecule has 0 radical (unpaired) electrons. The third-order valence-electron chi connectivity index (χ3n) is 4.56. The first-order valence-corrected chi connectivity index (χ1v) is 7.93. The van der Waals surface area contributed by atoms with E-state index in [-0.39, 0.29) is 0 Å². The van der Waals surface area contributed by atoms with Crippen molar-refractivity contribution in [2.45, 2.75) is 65.3 Å². The molecule has 1 aliphatic carbocycles. The van der Waals surface area contributed by atoms with Crippen molar-refractivity contribution in [3.8, 4) is 0 Å². The number of hydrogen-bond donors (Lipinski definition) is 1. The highest BCUT2D eigenvalue weighted by molar-refractivity contribution is 4.77. The molecule has 0 heterocycles. The molecule has 0 spiro atoms. The normalized spacial score (nSPS) is 26.8. The minimum Gasteiger partial charge on any atom is -0.330 e. The van der Waals surface area contributed by atoms with Crippen LogP contribution in [0.15, 0.2) is 0 Å². The lowest BCUT2D eigenvalue weighted by Gasteiger charge is -2.35. The summed E-state index contributed by atoms with van der Waals surface area (Å²) in [7, 11) is 2.31. The second-order valence-electron chi connectivity index (χ2n) is 6.93. The van der Waals surface area contributed by atoms with E-state index >= 15 is 0 Å². The van der Waals surface area contributed by atoms with Gasteiger partial charge in [-0.05, 0) is 63.6 Å². The van der Waals surface area contributed by atoms with Crippen LogP contribution in [0.2, 0.25) is 0 Å². The van der Waals surface area contributed by atoms with Gasteiger partial charge in [-0.15, -0.1) is 0 Å². The highest BCUT2D eigenvalue weighted by atomic mass is 15.1. The Hall–Kier alpha value is -0.0800. The molecule has 1 saturated carbocycles. The molecule has 2 heteroatoms. The van der Waals surface area contributed by atoms with Gasteiger partial charge in [0.2, 0.25) is 0 Å². The summed E-state index contributed by atoms with van der Waals surface area (Å²) in [4.78, 5) is 2.60. The fourth-order valence-electron chi connectivity index (χ4n) is 3.37. The summed E-state index contributed by atoms with van der Waals surface area (Å²) in [5.74, 6) is 2.42. The number of hydrogen-bond acceptors (Lipinski definition) is 2. The molecule has 18 heavy (non-hydrogen) atoms. The van der Waals surface area contributed by atoms with Gasteiger partial charge in [0.15, 0.2) is 0 Å². The second kappa shape index (κ2) is 8.16. The SMILES string of the molecule is CC(C)CC(CN)CCN(C)C1CCCC(C)C1. The van der Waals surface area contributed by atoms with Gasteiger partial charge in [0.05, 0.1) is 0 Å². The Morgan fingerprint density at radius 3 is 2.56 bits per heavy atom. The monoisotopic (exact) mass is 254 g/mol. The Bertz CT molecular complexity index is 215. The molecule has 3 atom stereocenters. The van der Waals surface area contributed by atoms with E-state index in [0.29, 0.717) is 5.92 Å². The van der Waals surface area contributed by atoms with Gasteiger partial charge < -0.3 is 10.6 Å². The molecule has 0 saturated heterocycles. The van der Waals surface area contributed by atoms with Crippen LogP contribution in [-0.2, 0) is 0 Å². The Labute approximate surface area is 114 Å². The number of nitrogens with two attached hydrogens (primary N) is 1. The van der Waals surface area contributed by atoms with E-state index in [1.807, 2.05) is 0 Å². The maximum absolute atomic E-state index is 5.89. The highest BCUT2D eigenvalue weighted by Crippen LogP contribution is 2.27. The second-order valence-corrected chi connectivity index (χ2v) is 6.93. The van der Waals surface area contributed by atoms with Crippen LogP contribution in [-0.4, -0.2) is 31.1 Å². The van der Waals surface area contributed by atoms with Crippen molar-refractivity contribution in [1.29, 1.82) is 0 Å². The molecule has 1 aliphatic rings. The van der Waals surface area contributed by atoms with Crippen LogP contribution in [0.5, 0.6) is 0 Å². The quantitative estimate of drug-likeness (QED) is 0.753. The van der Waals surface area contributed by atoms with E-state index in [1.165, 1.54) is 45.1 Å². The van der Waals surface area contributed by atoms with Gasteiger partial charge in [-0.25, -0.2) is 0 Å². The first kappa shape index (κ1) is 16.0. The van der Waals surface area contributed by atoms with Crippen molar-refractivity contribution in [2.75, 3.05) is 20.1 Å². The van der Waals surface area contributed by atoms with Gasteiger partial charge in [-0.1, -0.05) is 33.6 Å². The molecule has 0 aliphatic heterocycles. The smallest absolute Gasteiger partial charge is 0.00947 e. The molecule has 0 bridgehead atoms. The summed E-state index contributed by atoms with van der Waals surface area (Å²) in [5.41, 5.74) is 5.89. The molecular formula is C16H34N2. The zero-order chi connectivity index (χ0) is 13.5. The molecule has 1 fully saturated rings. The maximum atomic E-state index is 5.89. The molecule has 0 aromatic rings. The van der Waals surface area contributed by atoms with Crippen LogP contribution < -0.4 is 5.73 Å². The fraction of sp³-hybridized carbons (Fsp3) is 1.00. The molecule has 1 rings (SSSR count). The summed E-state index contributed by atoms with van der Waals surface area (Å²) in [6, 6.07) is 0.825. The van der Waals surface area contributed by atoms with E-state index < -0.39 is 0 Å². The third-order valence-corrected chi connectivity index (χ3v) is 4.56. The standard InChI is InChI=1S/C16H34N2/c1-13(2)10-15(12-17)8-9-18(4)16-7-5-6-14(3)11-16/h13-16H,5-12,17H2,1-4H3. The predicted octanol–water partition coefficient (Wildman–Crippen LogP) is 3.51. The van der Waals surface area contributed by atoms with E-state index in [4.69, 9.17) is 5.73 Å². The summed E-state index contributed by atoms with van der Waals surface area (Å²) in [6.07, 6.45) is 8.21. The van der Waals surface area contributed by atoms with Crippen molar-refractivity contribution < 1.29 is 0 Å². The molecule has 0 aromatic heterocycles. The van der Waals surface area contributed by atoms with Crippen LogP contribution in [0.1, 0.15) is 59.3 Å². The predicted molar refractivity (Wildman–Crippen MR) is 80.7 cm³/mol. The largest absolute Gasteiger partial charge is 0.330 e. The third kappa shape index (κ3) is 5.71. The minimum atomic E-state index is 0.716. The Balaban J connectivity index is 2.28. The molecule has 108 valence electrons. The van der Waals surface area contributed by atoms with E-state index in [1.54, 1.807) is 0 Å². The molecule has 3 unspecified atom stereocenters. The fourth-order valence-corrected chi connectivity index (χ4v) is 3.37. The minimum absolute atomic E-state index is 0.716. The summed E-state index contributed by atoms with van der Waals surface area (Å²) in [6.45, 7) is 9.09.